The van der Waals surface area contributed by atoms with Gasteiger partial charge >= 0.3 is 0 Å². The van der Waals surface area contributed by atoms with Gasteiger partial charge in [0.25, 0.3) is 0 Å². The molecule has 1 aliphatic rings. The van der Waals surface area contributed by atoms with Crippen molar-refractivity contribution >= 4 is 27.5 Å². The van der Waals surface area contributed by atoms with E-state index in [0.29, 0.717) is 13.2 Å². The number of rotatable bonds is 3. The Hall–Kier alpha value is -2.39. The van der Waals surface area contributed by atoms with E-state index in [0.717, 1.165) is 40.4 Å². The lowest BCUT2D eigenvalue weighted by atomic mass is 10.1. The van der Waals surface area contributed by atoms with Crippen LogP contribution >= 0.6 is 15.9 Å². The van der Waals surface area contributed by atoms with Crippen LogP contribution in [0.1, 0.15) is 17.4 Å². The van der Waals surface area contributed by atoms with E-state index in [1.165, 1.54) is 0 Å². The number of imidazole rings is 1. The second-order valence-electron chi connectivity index (χ2n) is 6.50. The number of aromatic nitrogens is 4. The SMILES string of the molecule is CN=C(NCc1cn2cc(Br)ccc2n1)N1CCOC(c2cnn(C)c2)C1. The highest BCUT2D eigenvalue weighted by molar-refractivity contribution is 9.10. The number of hydrogen-bond donors (Lipinski definition) is 1. The molecule has 9 heteroatoms. The average molecular weight is 432 g/mol. The van der Waals surface area contributed by atoms with Crippen LogP contribution < -0.4 is 5.32 Å². The molecule has 4 rings (SSSR count). The summed E-state index contributed by atoms with van der Waals surface area (Å²) in [7, 11) is 3.72. The molecular weight excluding hydrogens is 410 g/mol. The van der Waals surface area contributed by atoms with Gasteiger partial charge in [0, 0.05) is 49.3 Å². The smallest absolute Gasteiger partial charge is 0.194 e. The molecule has 1 atom stereocenters. The first-order chi connectivity index (χ1) is 13.1. The molecule has 3 aromatic heterocycles. The number of morpholine rings is 1. The summed E-state index contributed by atoms with van der Waals surface area (Å²) in [4.78, 5) is 11.3. The molecule has 1 N–H and O–H groups in total. The number of nitrogens with one attached hydrogen (secondary N) is 1. The van der Waals surface area contributed by atoms with E-state index in [1.807, 2.05) is 48.4 Å². The van der Waals surface area contributed by atoms with E-state index >= 15 is 0 Å². The third kappa shape index (κ3) is 3.98. The van der Waals surface area contributed by atoms with Crippen LogP contribution in [-0.2, 0) is 18.3 Å². The van der Waals surface area contributed by atoms with Crippen LogP contribution in [0.5, 0.6) is 0 Å². The van der Waals surface area contributed by atoms with E-state index in [4.69, 9.17) is 4.74 Å². The van der Waals surface area contributed by atoms with Gasteiger partial charge in [0.15, 0.2) is 5.96 Å². The predicted octanol–water partition coefficient (Wildman–Crippen LogP) is 1.98. The summed E-state index contributed by atoms with van der Waals surface area (Å²) < 4.78 is 10.8. The maximum absolute atomic E-state index is 5.92. The molecule has 3 aromatic rings. The van der Waals surface area contributed by atoms with Gasteiger partial charge in [0.2, 0.25) is 0 Å². The number of aliphatic imine (C=N–C) groups is 1. The summed E-state index contributed by atoms with van der Waals surface area (Å²) in [5.74, 6) is 0.852. The first-order valence-corrected chi connectivity index (χ1v) is 9.60. The van der Waals surface area contributed by atoms with Crippen molar-refractivity contribution in [3.8, 4) is 0 Å². The van der Waals surface area contributed by atoms with Crippen molar-refractivity contribution in [2.75, 3.05) is 26.7 Å². The van der Waals surface area contributed by atoms with Gasteiger partial charge in [0.1, 0.15) is 11.8 Å². The highest BCUT2D eigenvalue weighted by Gasteiger charge is 2.25. The Balaban J connectivity index is 1.42. The fraction of sp³-hybridized carbons (Fsp3) is 0.389. The highest BCUT2D eigenvalue weighted by atomic mass is 79.9. The molecule has 0 spiro atoms. The molecule has 8 nitrogen and oxygen atoms in total. The molecule has 1 aliphatic heterocycles. The number of fused-ring (bicyclic) bond motifs is 1. The number of guanidine groups is 1. The lowest BCUT2D eigenvalue weighted by Gasteiger charge is -2.34. The number of halogens is 1. The van der Waals surface area contributed by atoms with Crippen molar-refractivity contribution in [1.82, 2.24) is 29.4 Å². The van der Waals surface area contributed by atoms with E-state index in [1.54, 1.807) is 11.7 Å². The standard InChI is InChI=1S/C18H22BrN7O/c1-20-18(21-8-15-11-26-10-14(19)3-4-17(26)23-15)25-5-6-27-16(12-25)13-7-22-24(2)9-13/h3-4,7,9-11,16H,5-6,8,12H2,1-2H3,(H,20,21). The van der Waals surface area contributed by atoms with Crippen LogP contribution in [0.25, 0.3) is 5.65 Å². The van der Waals surface area contributed by atoms with Crippen LogP contribution in [0.3, 0.4) is 0 Å². The minimum absolute atomic E-state index is 0.00135. The van der Waals surface area contributed by atoms with Crippen LogP contribution in [0.4, 0.5) is 0 Å². The molecule has 27 heavy (non-hydrogen) atoms. The van der Waals surface area contributed by atoms with Crippen LogP contribution in [-0.4, -0.2) is 56.8 Å². The molecule has 4 heterocycles. The van der Waals surface area contributed by atoms with Gasteiger partial charge in [-0.05, 0) is 28.1 Å². The molecular formula is C18H22BrN7O. The Kier molecular flexibility index (Phi) is 5.13. The van der Waals surface area contributed by atoms with Crippen molar-refractivity contribution < 1.29 is 4.74 Å². The van der Waals surface area contributed by atoms with Gasteiger partial charge < -0.3 is 19.4 Å². The molecule has 1 saturated heterocycles. The molecule has 1 fully saturated rings. The first kappa shape index (κ1) is 18.0. The number of ether oxygens (including phenoxy) is 1. The molecule has 0 radical (unpaired) electrons. The Morgan fingerprint density at radius 1 is 1.37 bits per heavy atom. The summed E-state index contributed by atoms with van der Waals surface area (Å²) >= 11 is 3.49. The zero-order valence-corrected chi connectivity index (χ0v) is 16.9. The molecule has 142 valence electrons. The summed E-state index contributed by atoms with van der Waals surface area (Å²) in [5, 5.41) is 7.66. The number of pyridine rings is 1. The van der Waals surface area contributed by atoms with Gasteiger partial charge in [-0.25, -0.2) is 4.98 Å². The van der Waals surface area contributed by atoms with Crippen LogP contribution in [0.15, 0.2) is 46.4 Å². The van der Waals surface area contributed by atoms with Crippen molar-refractivity contribution in [3.05, 3.63) is 52.7 Å². The Morgan fingerprint density at radius 2 is 2.26 bits per heavy atom. The van der Waals surface area contributed by atoms with Crippen molar-refractivity contribution in [2.45, 2.75) is 12.6 Å². The predicted molar refractivity (Wildman–Crippen MR) is 107 cm³/mol. The molecule has 0 saturated carbocycles. The molecule has 0 bridgehead atoms. The number of aryl methyl sites for hydroxylation is 1. The van der Waals surface area contributed by atoms with Crippen molar-refractivity contribution in [2.24, 2.45) is 12.0 Å². The average Bonchev–Trinajstić information content (AvgIpc) is 3.28. The molecule has 1 unspecified atom stereocenters. The van der Waals surface area contributed by atoms with E-state index in [9.17, 15) is 0 Å². The van der Waals surface area contributed by atoms with Crippen LogP contribution in [0, 0.1) is 0 Å². The van der Waals surface area contributed by atoms with Crippen LogP contribution in [0.2, 0.25) is 0 Å². The Labute approximate surface area is 166 Å². The normalized spacial score (nSPS) is 18.3. The minimum Gasteiger partial charge on any atom is -0.370 e. The fourth-order valence-corrected chi connectivity index (χ4v) is 3.61. The van der Waals surface area contributed by atoms with Gasteiger partial charge in [-0.2, -0.15) is 5.10 Å². The molecule has 0 amide bonds. The van der Waals surface area contributed by atoms with E-state index in [2.05, 4.69) is 41.2 Å². The van der Waals surface area contributed by atoms with E-state index < -0.39 is 0 Å². The largest absolute Gasteiger partial charge is 0.370 e. The fourth-order valence-electron chi connectivity index (χ4n) is 3.25. The second-order valence-corrected chi connectivity index (χ2v) is 7.41. The number of hydrogen-bond acceptors (Lipinski definition) is 4. The first-order valence-electron chi connectivity index (χ1n) is 8.81. The quantitative estimate of drug-likeness (QED) is 0.506. The Morgan fingerprint density at radius 3 is 3.04 bits per heavy atom. The maximum Gasteiger partial charge on any atom is 0.194 e. The minimum atomic E-state index is -0.00135. The second kappa shape index (κ2) is 7.69. The third-order valence-corrected chi connectivity index (χ3v) is 5.04. The van der Waals surface area contributed by atoms with Gasteiger partial charge in [-0.15, -0.1) is 0 Å². The maximum atomic E-state index is 5.92. The third-order valence-electron chi connectivity index (χ3n) is 4.57. The summed E-state index contributed by atoms with van der Waals surface area (Å²) in [6.45, 7) is 2.81. The zero-order valence-electron chi connectivity index (χ0n) is 15.3. The van der Waals surface area contributed by atoms with Crippen molar-refractivity contribution in [1.29, 1.82) is 0 Å². The van der Waals surface area contributed by atoms with E-state index in [-0.39, 0.29) is 6.10 Å². The summed E-state index contributed by atoms with van der Waals surface area (Å²) in [6, 6.07) is 3.98. The summed E-state index contributed by atoms with van der Waals surface area (Å²) in [6.07, 6.45) is 7.89. The lowest BCUT2D eigenvalue weighted by Crippen LogP contribution is -2.47. The Bertz CT molecular complexity index is 964. The topological polar surface area (TPSA) is 72.0 Å². The number of nitrogens with zero attached hydrogens (tertiary/aromatic N) is 6. The highest BCUT2D eigenvalue weighted by Crippen LogP contribution is 2.21. The van der Waals surface area contributed by atoms with Crippen molar-refractivity contribution in [3.63, 3.8) is 0 Å². The zero-order chi connectivity index (χ0) is 18.8. The van der Waals surface area contributed by atoms with Gasteiger partial charge in [-0.1, -0.05) is 0 Å². The summed E-state index contributed by atoms with van der Waals surface area (Å²) in [5.41, 5.74) is 2.97. The molecule has 0 aliphatic carbocycles. The molecule has 0 aromatic carbocycles. The monoisotopic (exact) mass is 431 g/mol. The van der Waals surface area contributed by atoms with Gasteiger partial charge in [0.05, 0.1) is 31.6 Å². The van der Waals surface area contributed by atoms with Gasteiger partial charge in [-0.3, -0.25) is 9.67 Å². The lowest BCUT2D eigenvalue weighted by molar-refractivity contribution is -0.00805.